The number of hydrogen-bond donors (Lipinski definition) is 1. The minimum atomic E-state index is -0.424. The summed E-state index contributed by atoms with van der Waals surface area (Å²) < 4.78 is 13.6. The lowest BCUT2D eigenvalue weighted by Gasteiger charge is -2.34. The van der Waals surface area contributed by atoms with Crippen LogP contribution in [-0.2, 0) is 4.79 Å². The second-order valence-electron chi connectivity index (χ2n) is 7.51. The van der Waals surface area contributed by atoms with E-state index in [9.17, 15) is 14.0 Å². The number of nitrogens with zero attached hydrogens (tertiary/aromatic N) is 3. The lowest BCUT2D eigenvalue weighted by molar-refractivity contribution is -0.134. The number of aliphatic imine (C=N–C) groups is 1. The first-order chi connectivity index (χ1) is 13.4. The summed E-state index contributed by atoms with van der Waals surface area (Å²) in [7, 11) is 2.05. The van der Waals surface area contributed by atoms with E-state index in [4.69, 9.17) is 0 Å². The Morgan fingerprint density at radius 3 is 2.61 bits per heavy atom. The maximum Gasteiger partial charge on any atom is 0.256 e. The van der Waals surface area contributed by atoms with Crippen molar-refractivity contribution in [1.82, 2.24) is 14.8 Å². The van der Waals surface area contributed by atoms with E-state index in [2.05, 4.69) is 21.9 Å². The van der Waals surface area contributed by atoms with Crippen molar-refractivity contribution in [2.45, 2.75) is 19.4 Å². The number of dihydropyridines is 1. The fourth-order valence-corrected chi connectivity index (χ4v) is 3.76. The molecule has 28 heavy (non-hydrogen) atoms. The SMILES string of the molecule is Cc1cc(F)cc2c(=O)[nH]c(C3=CCC(C(=O)N4CCN(C)CC4)N=C3)cc12. The van der Waals surface area contributed by atoms with Crippen LogP contribution in [0.5, 0.6) is 0 Å². The Hall–Kier alpha value is -2.80. The van der Waals surface area contributed by atoms with Crippen LogP contribution in [0.25, 0.3) is 16.3 Å². The van der Waals surface area contributed by atoms with Crippen molar-refractivity contribution in [2.24, 2.45) is 4.99 Å². The van der Waals surface area contributed by atoms with E-state index in [-0.39, 0.29) is 11.5 Å². The van der Waals surface area contributed by atoms with Gasteiger partial charge in [0.25, 0.3) is 5.56 Å². The van der Waals surface area contributed by atoms with Gasteiger partial charge in [-0.15, -0.1) is 0 Å². The number of pyridine rings is 1. The van der Waals surface area contributed by atoms with Crippen LogP contribution in [-0.4, -0.2) is 66.2 Å². The Morgan fingerprint density at radius 1 is 1.18 bits per heavy atom. The average molecular weight is 382 g/mol. The Labute approximate surface area is 162 Å². The Balaban J connectivity index is 1.55. The number of aromatic nitrogens is 1. The first kappa shape index (κ1) is 18.6. The molecule has 1 fully saturated rings. The van der Waals surface area contributed by atoms with E-state index in [0.29, 0.717) is 28.5 Å². The maximum absolute atomic E-state index is 13.6. The zero-order valence-corrected chi connectivity index (χ0v) is 16.0. The number of nitrogens with one attached hydrogen (secondary N) is 1. The highest BCUT2D eigenvalue weighted by molar-refractivity contribution is 6.11. The van der Waals surface area contributed by atoms with Crippen molar-refractivity contribution in [2.75, 3.05) is 33.2 Å². The van der Waals surface area contributed by atoms with Gasteiger partial charge in [-0.05, 0) is 49.5 Å². The molecule has 1 amide bonds. The number of aromatic amines is 1. The fourth-order valence-electron chi connectivity index (χ4n) is 3.76. The number of fused-ring (bicyclic) bond motifs is 1. The summed E-state index contributed by atoms with van der Waals surface area (Å²) in [4.78, 5) is 36.4. The van der Waals surface area contributed by atoms with Crippen LogP contribution in [0.1, 0.15) is 17.7 Å². The highest BCUT2D eigenvalue weighted by Gasteiger charge is 2.27. The number of carbonyl (C=O) groups is 1. The molecule has 1 unspecified atom stereocenters. The van der Waals surface area contributed by atoms with Gasteiger partial charge in [0.1, 0.15) is 11.9 Å². The summed E-state index contributed by atoms with van der Waals surface area (Å²) in [5.41, 5.74) is 1.77. The smallest absolute Gasteiger partial charge is 0.256 e. The number of carbonyl (C=O) groups excluding carboxylic acids is 1. The van der Waals surface area contributed by atoms with Gasteiger partial charge in [-0.1, -0.05) is 6.08 Å². The van der Waals surface area contributed by atoms with Crippen LogP contribution in [0.15, 0.2) is 34.1 Å². The standard InChI is InChI=1S/C21H23FN4O2/c1-13-9-15(22)10-17-16(13)11-19(24-20(17)27)14-3-4-18(23-12-14)21(28)26-7-5-25(2)6-8-26/h3,9-12,18H,4-8H2,1-2H3,(H,24,27). The molecule has 146 valence electrons. The topological polar surface area (TPSA) is 68.8 Å². The summed E-state index contributed by atoms with van der Waals surface area (Å²) in [5, 5.41) is 1.04. The van der Waals surface area contributed by atoms with E-state index >= 15 is 0 Å². The van der Waals surface area contributed by atoms with E-state index in [0.717, 1.165) is 31.8 Å². The minimum Gasteiger partial charge on any atom is -0.338 e. The molecule has 2 aliphatic heterocycles. The number of H-pyrrole nitrogens is 1. The second kappa shape index (κ2) is 7.31. The third-order valence-corrected chi connectivity index (χ3v) is 5.50. The third kappa shape index (κ3) is 3.49. The van der Waals surface area contributed by atoms with Crippen LogP contribution in [0, 0.1) is 12.7 Å². The molecular weight excluding hydrogens is 359 g/mol. The number of hydrogen-bond acceptors (Lipinski definition) is 4. The van der Waals surface area contributed by atoms with Gasteiger partial charge in [0.2, 0.25) is 5.91 Å². The molecule has 1 N–H and O–H groups in total. The van der Waals surface area contributed by atoms with Crippen LogP contribution < -0.4 is 5.56 Å². The largest absolute Gasteiger partial charge is 0.338 e. The Kier molecular flexibility index (Phi) is 4.85. The number of amides is 1. The molecule has 0 aliphatic carbocycles. The summed E-state index contributed by atoms with van der Waals surface area (Å²) in [6, 6.07) is 4.10. The van der Waals surface area contributed by atoms with Crippen molar-refractivity contribution in [3.8, 4) is 0 Å². The highest BCUT2D eigenvalue weighted by atomic mass is 19.1. The van der Waals surface area contributed by atoms with Gasteiger partial charge in [0.05, 0.1) is 11.1 Å². The molecule has 0 radical (unpaired) electrons. The first-order valence-electron chi connectivity index (χ1n) is 9.46. The highest BCUT2D eigenvalue weighted by Crippen LogP contribution is 2.23. The zero-order valence-electron chi connectivity index (χ0n) is 16.0. The molecule has 1 atom stereocenters. The molecule has 2 aliphatic rings. The average Bonchev–Trinajstić information content (AvgIpc) is 2.69. The third-order valence-electron chi connectivity index (χ3n) is 5.50. The molecule has 6 nitrogen and oxygen atoms in total. The summed E-state index contributed by atoms with van der Waals surface area (Å²) in [6.07, 6.45) is 4.08. The summed E-state index contributed by atoms with van der Waals surface area (Å²) in [5.74, 6) is -0.370. The molecule has 2 aromatic rings. The molecule has 0 saturated carbocycles. The molecule has 7 heteroatoms. The van der Waals surface area contributed by atoms with Crippen molar-refractivity contribution in [3.05, 3.63) is 51.7 Å². The maximum atomic E-state index is 13.6. The molecule has 0 spiro atoms. The number of halogens is 1. The van der Waals surface area contributed by atoms with Crippen LogP contribution >= 0.6 is 0 Å². The van der Waals surface area contributed by atoms with Crippen molar-refractivity contribution < 1.29 is 9.18 Å². The fraction of sp³-hybridized carbons (Fsp3) is 0.381. The van der Waals surface area contributed by atoms with Crippen LogP contribution in [0.2, 0.25) is 0 Å². The first-order valence-corrected chi connectivity index (χ1v) is 9.46. The monoisotopic (exact) mass is 382 g/mol. The molecular formula is C21H23FN4O2. The van der Waals surface area contributed by atoms with Gasteiger partial charge in [-0.2, -0.15) is 0 Å². The van der Waals surface area contributed by atoms with Gasteiger partial charge in [0, 0.05) is 38.0 Å². The van der Waals surface area contributed by atoms with E-state index in [1.807, 2.05) is 17.0 Å². The quantitative estimate of drug-likeness (QED) is 0.864. The van der Waals surface area contributed by atoms with Crippen molar-refractivity contribution in [1.29, 1.82) is 0 Å². The molecule has 1 aromatic carbocycles. The normalized spacial score (nSPS) is 20.5. The number of rotatable bonds is 2. The number of allylic oxidation sites excluding steroid dienone is 1. The summed E-state index contributed by atoms with van der Waals surface area (Å²) in [6.45, 7) is 4.99. The van der Waals surface area contributed by atoms with Crippen molar-refractivity contribution in [3.63, 3.8) is 0 Å². The van der Waals surface area contributed by atoms with Gasteiger partial charge in [-0.3, -0.25) is 14.6 Å². The number of likely N-dealkylation sites (N-methyl/N-ethyl adjacent to an activating group) is 1. The predicted molar refractivity (Wildman–Crippen MR) is 108 cm³/mol. The number of benzene rings is 1. The minimum absolute atomic E-state index is 0.0537. The van der Waals surface area contributed by atoms with Crippen LogP contribution in [0.4, 0.5) is 4.39 Å². The van der Waals surface area contributed by atoms with E-state index in [1.165, 1.54) is 12.1 Å². The van der Waals surface area contributed by atoms with Gasteiger partial charge in [0.15, 0.2) is 0 Å². The molecule has 4 rings (SSSR count). The van der Waals surface area contributed by atoms with Gasteiger partial charge in [-0.25, -0.2) is 4.39 Å². The van der Waals surface area contributed by atoms with Crippen LogP contribution in [0.3, 0.4) is 0 Å². The molecule has 1 saturated heterocycles. The zero-order chi connectivity index (χ0) is 19.8. The second-order valence-corrected chi connectivity index (χ2v) is 7.51. The predicted octanol–water partition coefficient (Wildman–Crippen LogP) is 1.98. The Bertz CT molecular complexity index is 1050. The van der Waals surface area contributed by atoms with E-state index in [1.54, 1.807) is 13.1 Å². The Morgan fingerprint density at radius 2 is 1.93 bits per heavy atom. The molecule has 1 aromatic heterocycles. The lowest BCUT2D eigenvalue weighted by Crippen LogP contribution is -2.50. The number of piperazine rings is 1. The van der Waals surface area contributed by atoms with Gasteiger partial charge >= 0.3 is 0 Å². The molecule has 0 bridgehead atoms. The number of aryl methyl sites for hydroxylation is 1. The summed E-state index contributed by atoms with van der Waals surface area (Å²) >= 11 is 0. The lowest BCUT2D eigenvalue weighted by atomic mass is 10.0. The van der Waals surface area contributed by atoms with E-state index < -0.39 is 11.9 Å². The van der Waals surface area contributed by atoms with Crippen molar-refractivity contribution >= 4 is 28.5 Å². The molecule has 3 heterocycles. The van der Waals surface area contributed by atoms with Gasteiger partial charge < -0.3 is 14.8 Å².